The van der Waals surface area contributed by atoms with E-state index >= 15 is 4.39 Å². The number of rotatable bonds is 9. The second kappa shape index (κ2) is 13.4. The quantitative estimate of drug-likeness (QED) is 0.113. The second-order valence-electron chi connectivity index (χ2n) is 15.3. The number of nitrogens with zero attached hydrogens (tertiary/aromatic N) is 3. The number of aromatic nitrogens is 3. The van der Waals surface area contributed by atoms with E-state index in [4.69, 9.17) is 14.7 Å². The fourth-order valence-corrected chi connectivity index (χ4v) is 7.50. The lowest BCUT2D eigenvalue weighted by molar-refractivity contribution is 0.0909. The van der Waals surface area contributed by atoms with Crippen molar-refractivity contribution in [3.63, 3.8) is 0 Å². The normalized spacial score (nSPS) is 12.2. The van der Waals surface area contributed by atoms with Crippen LogP contribution in [0.4, 0.5) is 4.39 Å². The van der Waals surface area contributed by atoms with Gasteiger partial charge in [-0.3, -0.25) is 9.55 Å². The Morgan fingerprint density at radius 2 is 1.32 bits per heavy atom. The third kappa shape index (κ3) is 6.66. The summed E-state index contributed by atoms with van der Waals surface area (Å²) in [5.74, 6) is 0.541. The van der Waals surface area contributed by atoms with Gasteiger partial charge in [0.25, 0.3) is 0 Å². The van der Waals surface area contributed by atoms with E-state index < -0.39 is 8.07 Å². The van der Waals surface area contributed by atoms with Gasteiger partial charge in [0.15, 0.2) is 0 Å². The Bertz CT molecular complexity index is 2330. The molecule has 0 fully saturated rings. The van der Waals surface area contributed by atoms with Crippen molar-refractivity contribution in [3.05, 3.63) is 133 Å². The zero-order valence-corrected chi connectivity index (χ0v) is 30.8. The van der Waals surface area contributed by atoms with Gasteiger partial charge in [-0.05, 0) is 68.8 Å². The first-order valence-electron chi connectivity index (χ1n) is 17.4. The fourth-order valence-electron chi connectivity index (χ4n) is 6.75. The van der Waals surface area contributed by atoms with Gasteiger partial charge in [-0.1, -0.05) is 131 Å². The minimum Gasteiger partial charge on any atom is -0.361 e. The van der Waals surface area contributed by atoms with Gasteiger partial charge in [0, 0.05) is 37.6 Å². The summed E-state index contributed by atoms with van der Waals surface area (Å²) < 4.78 is 23.8. The minimum atomic E-state index is -1.29. The van der Waals surface area contributed by atoms with Crippen molar-refractivity contribution in [3.8, 4) is 44.9 Å². The van der Waals surface area contributed by atoms with Gasteiger partial charge in [-0.15, -0.1) is 0 Å². The van der Waals surface area contributed by atoms with Crippen LogP contribution in [0.3, 0.4) is 0 Å². The molecule has 0 unspecified atom stereocenters. The van der Waals surface area contributed by atoms with E-state index in [0.29, 0.717) is 18.9 Å². The molecule has 0 spiro atoms. The average Bonchev–Trinajstić information content (AvgIpc) is 3.47. The molecule has 2 heterocycles. The highest BCUT2D eigenvalue weighted by atomic mass is 28.3. The van der Waals surface area contributed by atoms with Crippen molar-refractivity contribution < 1.29 is 9.13 Å². The summed E-state index contributed by atoms with van der Waals surface area (Å²) in [7, 11) is -1.29. The van der Waals surface area contributed by atoms with Gasteiger partial charge in [-0.2, -0.15) is 0 Å². The van der Waals surface area contributed by atoms with Gasteiger partial charge in [0.1, 0.15) is 23.9 Å². The molecular formula is C44H44FN3OSi. The number of imidazole rings is 1. The van der Waals surface area contributed by atoms with Crippen LogP contribution >= 0.6 is 0 Å². The highest BCUT2D eigenvalue weighted by molar-refractivity contribution is 6.76. The summed E-state index contributed by atoms with van der Waals surface area (Å²) in [6, 6.07) is 39.5. The predicted octanol–water partition coefficient (Wildman–Crippen LogP) is 12.0. The molecule has 2 aromatic heterocycles. The Labute approximate surface area is 295 Å². The molecule has 5 aromatic carbocycles. The van der Waals surface area contributed by atoms with Gasteiger partial charge >= 0.3 is 0 Å². The lowest BCUT2D eigenvalue weighted by Crippen LogP contribution is -2.22. The SMILES string of the molecule is CC(C)(C)c1cc(-c2nccc3c2nc(-c2ccccc2-c2ccccc2-c2ccccc2F)n3COCC[Si](C)(C)C)cc2ccccc12. The summed E-state index contributed by atoms with van der Waals surface area (Å²) in [5, 5.41) is 2.43. The van der Waals surface area contributed by atoms with Crippen molar-refractivity contribution in [2.24, 2.45) is 0 Å². The number of pyridine rings is 1. The predicted molar refractivity (Wildman–Crippen MR) is 210 cm³/mol. The Morgan fingerprint density at radius 3 is 2.00 bits per heavy atom. The van der Waals surface area contributed by atoms with Crippen LogP contribution in [0.15, 0.2) is 121 Å². The van der Waals surface area contributed by atoms with Crippen LogP contribution in [0, 0.1) is 5.82 Å². The molecule has 0 atom stereocenters. The standard InChI is InChI=1S/C44H44FN3OSi/c1-44(2,3)38-28-31(27-30-15-7-8-16-32(30)38)41-42-40(23-24-46-41)48(29-49-25-26-50(4,5)6)43(47-42)37-21-12-11-19-35(37)33-17-9-10-18-34(33)36-20-13-14-22-39(36)45/h7-24,27-28H,25-26,29H2,1-6H3. The molecule has 4 nitrogen and oxygen atoms in total. The van der Waals surface area contributed by atoms with Crippen LogP contribution < -0.4 is 0 Å². The first kappa shape index (κ1) is 33.6. The number of hydrogen-bond donors (Lipinski definition) is 0. The van der Waals surface area contributed by atoms with Crippen molar-refractivity contribution in [1.82, 2.24) is 14.5 Å². The van der Waals surface area contributed by atoms with Crippen LogP contribution in [0.1, 0.15) is 26.3 Å². The van der Waals surface area contributed by atoms with Crippen molar-refractivity contribution in [2.45, 2.75) is 58.6 Å². The number of hydrogen-bond acceptors (Lipinski definition) is 3. The average molecular weight is 678 g/mol. The Balaban J connectivity index is 1.44. The molecule has 0 saturated heterocycles. The third-order valence-electron chi connectivity index (χ3n) is 9.38. The fraction of sp³-hybridized carbons (Fsp3) is 0.227. The third-order valence-corrected chi connectivity index (χ3v) is 11.1. The van der Waals surface area contributed by atoms with Crippen LogP contribution in [-0.2, 0) is 16.9 Å². The van der Waals surface area contributed by atoms with E-state index in [0.717, 1.165) is 56.4 Å². The monoisotopic (exact) mass is 677 g/mol. The topological polar surface area (TPSA) is 39.9 Å². The van der Waals surface area contributed by atoms with Crippen LogP contribution in [0.5, 0.6) is 0 Å². The molecular weight excluding hydrogens is 634 g/mol. The molecule has 0 aliphatic carbocycles. The maximum Gasteiger partial charge on any atom is 0.143 e. The maximum atomic E-state index is 15.2. The highest BCUT2D eigenvalue weighted by Gasteiger charge is 2.24. The van der Waals surface area contributed by atoms with E-state index in [2.05, 4.69) is 99.6 Å². The number of fused-ring (bicyclic) bond motifs is 2. The number of ether oxygens (including phenoxy) is 1. The summed E-state index contributed by atoms with van der Waals surface area (Å²) in [6.07, 6.45) is 1.88. The van der Waals surface area contributed by atoms with Crippen LogP contribution in [0.2, 0.25) is 25.7 Å². The Hall–Kier alpha value is -4.91. The molecule has 0 bridgehead atoms. The molecule has 0 aliphatic heterocycles. The maximum absolute atomic E-state index is 15.2. The molecule has 6 heteroatoms. The molecule has 7 rings (SSSR count). The lowest BCUT2D eigenvalue weighted by atomic mass is 9.82. The molecule has 50 heavy (non-hydrogen) atoms. The van der Waals surface area contributed by atoms with Gasteiger partial charge in [-0.25, -0.2) is 9.37 Å². The molecule has 7 aromatic rings. The van der Waals surface area contributed by atoms with Gasteiger partial charge in [0.2, 0.25) is 0 Å². The molecule has 0 N–H and O–H groups in total. The first-order valence-corrected chi connectivity index (χ1v) is 21.1. The van der Waals surface area contributed by atoms with E-state index in [1.165, 1.54) is 22.4 Å². The summed E-state index contributed by atoms with van der Waals surface area (Å²) in [4.78, 5) is 10.4. The Morgan fingerprint density at radius 1 is 0.720 bits per heavy atom. The van der Waals surface area contributed by atoms with Crippen LogP contribution in [-0.4, -0.2) is 29.2 Å². The van der Waals surface area contributed by atoms with Gasteiger partial charge < -0.3 is 4.74 Å². The smallest absolute Gasteiger partial charge is 0.143 e. The van der Waals surface area contributed by atoms with Crippen molar-refractivity contribution in [1.29, 1.82) is 0 Å². The lowest BCUT2D eigenvalue weighted by Gasteiger charge is -2.22. The van der Waals surface area contributed by atoms with E-state index in [1.54, 1.807) is 6.07 Å². The Kier molecular flexibility index (Phi) is 9.01. The van der Waals surface area contributed by atoms with E-state index in [9.17, 15) is 0 Å². The van der Waals surface area contributed by atoms with Gasteiger partial charge in [0.05, 0.1) is 11.2 Å². The zero-order chi connectivity index (χ0) is 35.0. The molecule has 0 aliphatic rings. The largest absolute Gasteiger partial charge is 0.361 e. The summed E-state index contributed by atoms with van der Waals surface area (Å²) >= 11 is 0. The van der Waals surface area contributed by atoms with E-state index in [-0.39, 0.29) is 11.2 Å². The molecule has 0 amide bonds. The van der Waals surface area contributed by atoms with Crippen LogP contribution in [0.25, 0.3) is 66.7 Å². The molecule has 252 valence electrons. The van der Waals surface area contributed by atoms with E-state index in [1.807, 2.05) is 54.7 Å². The second-order valence-corrected chi connectivity index (χ2v) is 20.9. The minimum absolute atomic E-state index is 0.0667. The van der Waals surface area contributed by atoms with Crippen molar-refractivity contribution >= 4 is 29.9 Å². The summed E-state index contributed by atoms with van der Waals surface area (Å²) in [5.41, 5.74) is 9.12. The number of benzene rings is 5. The van der Waals surface area contributed by atoms with Crippen molar-refractivity contribution in [2.75, 3.05) is 6.61 Å². The molecule has 0 saturated carbocycles. The highest BCUT2D eigenvalue weighted by Crippen LogP contribution is 2.41. The zero-order valence-electron chi connectivity index (χ0n) is 29.8. The summed E-state index contributed by atoms with van der Waals surface area (Å²) in [6.45, 7) is 14.9. The first-order chi connectivity index (χ1) is 24.0. The molecule has 0 radical (unpaired) electrons. The number of halogens is 1.